The summed E-state index contributed by atoms with van der Waals surface area (Å²) in [5.74, 6) is 1.08. The summed E-state index contributed by atoms with van der Waals surface area (Å²) < 4.78 is 6.13. The van der Waals surface area contributed by atoms with Crippen molar-refractivity contribution in [2.24, 2.45) is 5.92 Å². The molecular formula is C22H31ClN4O2. The normalized spacial score (nSPS) is 25.9. The smallest absolute Gasteiger partial charge is 0.410 e. The first kappa shape index (κ1) is 21.6. The number of hydrogen-bond donors (Lipinski definition) is 0. The molecule has 1 aromatic heterocycles. The lowest BCUT2D eigenvalue weighted by molar-refractivity contribution is -0.0468. The third-order valence-electron chi connectivity index (χ3n) is 5.83. The highest BCUT2D eigenvalue weighted by Gasteiger charge is 2.44. The molecular weight excluding hydrogens is 388 g/mol. The van der Waals surface area contributed by atoms with Gasteiger partial charge >= 0.3 is 6.09 Å². The quantitative estimate of drug-likeness (QED) is 0.617. The Balaban J connectivity index is 1.72. The summed E-state index contributed by atoms with van der Waals surface area (Å²) in [6, 6.07) is 0.0938. The Morgan fingerprint density at radius 3 is 2.76 bits per heavy atom. The molecule has 0 aromatic carbocycles. The van der Waals surface area contributed by atoms with E-state index in [1.54, 1.807) is 18.5 Å². The Labute approximate surface area is 178 Å². The molecule has 29 heavy (non-hydrogen) atoms. The van der Waals surface area contributed by atoms with Gasteiger partial charge in [-0.3, -0.25) is 0 Å². The van der Waals surface area contributed by atoms with E-state index in [2.05, 4.69) is 35.3 Å². The van der Waals surface area contributed by atoms with Crippen LogP contribution in [0, 0.1) is 5.92 Å². The number of carbonyl (C=O) groups is 1. The minimum Gasteiger partial charge on any atom is -0.438 e. The first-order chi connectivity index (χ1) is 13.8. The standard InChI is InChI=1S/C22H31ClN4O2/c1-5-7-17(4)22(12-16(2)3)9-11-27(21(28)29-22)19-8-6-10-26(15-19)20-24-13-18(23)14-25-20/h5,7,13-14,16,19H,1,6,8-12,15H2,2-4H3/b17-7+/t19-,22-/m0/s1. The number of anilines is 1. The molecule has 2 aliphatic rings. The van der Waals surface area contributed by atoms with Crippen LogP contribution in [0.5, 0.6) is 0 Å². The maximum absolute atomic E-state index is 13.1. The molecule has 2 fully saturated rings. The molecule has 1 aromatic rings. The number of amides is 1. The summed E-state index contributed by atoms with van der Waals surface area (Å²) in [6.07, 6.45) is 10.3. The summed E-state index contributed by atoms with van der Waals surface area (Å²) >= 11 is 5.91. The van der Waals surface area contributed by atoms with E-state index in [0.717, 1.165) is 37.8 Å². The monoisotopic (exact) mass is 418 g/mol. The average molecular weight is 419 g/mol. The van der Waals surface area contributed by atoms with E-state index in [1.165, 1.54) is 0 Å². The molecule has 0 aliphatic carbocycles. The number of cyclic esters (lactones) is 1. The molecule has 1 amide bonds. The third-order valence-corrected chi connectivity index (χ3v) is 6.02. The molecule has 7 heteroatoms. The van der Waals surface area contributed by atoms with Crippen molar-refractivity contribution in [3.8, 4) is 0 Å². The minimum absolute atomic E-state index is 0.0938. The Morgan fingerprint density at radius 2 is 2.14 bits per heavy atom. The lowest BCUT2D eigenvalue weighted by Crippen LogP contribution is -2.57. The fourth-order valence-corrected chi connectivity index (χ4v) is 4.53. The Bertz CT molecular complexity index is 765. The van der Waals surface area contributed by atoms with Crippen molar-refractivity contribution in [3.05, 3.63) is 41.7 Å². The molecule has 2 aliphatic heterocycles. The summed E-state index contributed by atoms with van der Waals surface area (Å²) in [5.41, 5.74) is 0.526. The fraction of sp³-hybridized carbons (Fsp3) is 0.591. The van der Waals surface area contributed by atoms with Gasteiger partial charge in [-0.2, -0.15) is 0 Å². The van der Waals surface area contributed by atoms with Crippen LogP contribution in [0.1, 0.15) is 46.5 Å². The molecule has 0 radical (unpaired) electrons. The molecule has 0 spiro atoms. The van der Waals surface area contributed by atoms with Gasteiger partial charge in [0.05, 0.1) is 23.5 Å². The largest absolute Gasteiger partial charge is 0.438 e. The molecule has 0 N–H and O–H groups in total. The zero-order valence-corrected chi connectivity index (χ0v) is 18.4. The van der Waals surface area contributed by atoms with Crippen molar-refractivity contribution in [2.45, 2.75) is 58.1 Å². The molecule has 0 saturated carbocycles. The lowest BCUT2D eigenvalue weighted by atomic mass is 9.81. The van der Waals surface area contributed by atoms with Crippen molar-refractivity contribution < 1.29 is 9.53 Å². The molecule has 0 unspecified atom stereocenters. The topological polar surface area (TPSA) is 58.6 Å². The summed E-state index contributed by atoms with van der Waals surface area (Å²) in [5, 5.41) is 0.520. The number of rotatable bonds is 6. The Hall–Kier alpha value is -2.08. The van der Waals surface area contributed by atoms with Crippen LogP contribution < -0.4 is 4.90 Å². The van der Waals surface area contributed by atoms with Gasteiger partial charge in [0, 0.05) is 26.1 Å². The zero-order chi connectivity index (χ0) is 21.0. The van der Waals surface area contributed by atoms with Crippen LogP contribution in [0.2, 0.25) is 5.02 Å². The number of piperidine rings is 1. The van der Waals surface area contributed by atoms with E-state index in [4.69, 9.17) is 16.3 Å². The summed E-state index contributed by atoms with van der Waals surface area (Å²) in [6.45, 7) is 12.4. The minimum atomic E-state index is -0.538. The molecule has 6 nitrogen and oxygen atoms in total. The second kappa shape index (κ2) is 9.16. The van der Waals surface area contributed by atoms with Crippen LogP contribution in [0.15, 0.2) is 36.7 Å². The van der Waals surface area contributed by atoms with Crippen LogP contribution in [0.25, 0.3) is 0 Å². The third kappa shape index (κ3) is 4.92. The fourth-order valence-electron chi connectivity index (χ4n) is 4.43. The van der Waals surface area contributed by atoms with Gasteiger partial charge < -0.3 is 14.5 Å². The number of ether oxygens (including phenoxy) is 1. The number of halogens is 1. The van der Waals surface area contributed by atoms with E-state index in [-0.39, 0.29) is 12.1 Å². The zero-order valence-electron chi connectivity index (χ0n) is 17.6. The first-order valence-electron chi connectivity index (χ1n) is 10.4. The average Bonchev–Trinajstić information content (AvgIpc) is 2.68. The maximum atomic E-state index is 13.1. The van der Waals surface area contributed by atoms with Crippen LogP contribution >= 0.6 is 11.6 Å². The van der Waals surface area contributed by atoms with Crippen molar-refractivity contribution in [1.82, 2.24) is 14.9 Å². The van der Waals surface area contributed by atoms with Gasteiger partial charge in [-0.25, -0.2) is 14.8 Å². The highest BCUT2D eigenvalue weighted by molar-refractivity contribution is 6.30. The van der Waals surface area contributed by atoms with Crippen LogP contribution in [0.3, 0.4) is 0 Å². The van der Waals surface area contributed by atoms with Gasteiger partial charge in [0.15, 0.2) is 0 Å². The van der Waals surface area contributed by atoms with E-state index >= 15 is 0 Å². The van der Waals surface area contributed by atoms with Crippen LogP contribution in [-0.4, -0.2) is 52.2 Å². The predicted molar refractivity (Wildman–Crippen MR) is 116 cm³/mol. The highest BCUT2D eigenvalue weighted by atomic mass is 35.5. The first-order valence-corrected chi connectivity index (χ1v) is 10.7. The van der Waals surface area contributed by atoms with Crippen molar-refractivity contribution >= 4 is 23.6 Å². The molecule has 3 heterocycles. The van der Waals surface area contributed by atoms with Crippen LogP contribution in [-0.2, 0) is 4.74 Å². The molecule has 158 valence electrons. The Morgan fingerprint density at radius 1 is 1.41 bits per heavy atom. The lowest BCUT2D eigenvalue weighted by Gasteiger charge is -2.47. The van der Waals surface area contributed by atoms with E-state index in [1.807, 2.05) is 17.9 Å². The van der Waals surface area contributed by atoms with Gasteiger partial charge in [-0.15, -0.1) is 0 Å². The highest BCUT2D eigenvalue weighted by Crippen LogP contribution is 2.38. The number of carbonyl (C=O) groups excluding carboxylic acids is 1. The molecule has 2 saturated heterocycles. The van der Waals surface area contributed by atoms with Crippen molar-refractivity contribution in [1.29, 1.82) is 0 Å². The number of allylic oxidation sites excluding steroid dienone is 2. The summed E-state index contributed by atoms with van der Waals surface area (Å²) in [4.78, 5) is 25.7. The number of aromatic nitrogens is 2. The summed E-state index contributed by atoms with van der Waals surface area (Å²) in [7, 11) is 0. The van der Waals surface area contributed by atoms with Gasteiger partial charge in [0.25, 0.3) is 0 Å². The van der Waals surface area contributed by atoms with E-state index < -0.39 is 5.60 Å². The van der Waals surface area contributed by atoms with Gasteiger partial charge in [-0.1, -0.05) is 44.2 Å². The van der Waals surface area contributed by atoms with Gasteiger partial charge in [0.1, 0.15) is 5.60 Å². The Kier molecular flexibility index (Phi) is 6.83. The molecule has 3 rings (SSSR count). The second-order valence-electron chi connectivity index (χ2n) is 8.43. The van der Waals surface area contributed by atoms with E-state index in [0.29, 0.717) is 30.0 Å². The second-order valence-corrected chi connectivity index (χ2v) is 8.87. The number of hydrogen-bond acceptors (Lipinski definition) is 5. The van der Waals surface area contributed by atoms with Gasteiger partial charge in [-0.05, 0) is 37.7 Å². The van der Waals surface area contributed by atoms with E-state index in [9.17, 15) is 4.79 Å². The van der Waals surface area contributed by atoms with Crippen molar-refractivity contribution in [3.63, 3.8) is 0 Å². The molecule has 0 bridgehead atoms. The molecule has 2 atom stereocenters. The van der Waals surface area contributed by atoms with Crippen molar-refractivity contribution in [2.75, 3.05) is 24.5 Å². The SMILES string of the molecule is C=C/C=C(\C)[C@@]1(CC(C)C)CCN([C@H]2CCCN(c3ncc(Cl)cn3)C2)C(=O)O1. The maximum Gasteiger partial charge on any atom is 0.410 e. The van der Waals surface area contributed by atoms with Crippen LogP contribution in [0.4, 0.5) is 10.7 Å². The number of nitrogens with zero attached hydrogens (tertiary/aromatic N) is 4. The predicted octanol–water partition coefficient (Wildman–Crippen LogP) is 4.86. The van der Waals surface area contributed by atoms with Gasteiger partial charge in [0.2, 0.25) is 5.95 Å².